The average Bonchev–Trinajstić information content (AvgIpc) is 2.43. The van der Waals surface area contributed by atoms with E-state index in [4.69, 9.17) is 10.5 Å². The highest BCUT2D eigenvalue weighted by Crippen LogP contribution is 2.25. The van der Waals surface area contributed by atoms with E-state index in [1.54, 1.807) is 19.9 Å². The van der Waals surface area contributed by atoms with Crippen LogP contribution >= 0.6 is 0 Å². The highest BCUT2D eigenvalue weighted by atomic mass is 32.2. The Bertz CT molecular complexity index is 656. The second-order valence-corrected chi connectivity index (χ2v) is 7.40. The molecule has 1 unspecified atom stereocenters. The largest absolute Gasteiger partial charge is 0.383 e. The van der Waals surface area contributed by atoms with Crippen molar-refractivity contribution in [3.8, 4) is 0 Å². The second-order valence-electron chi connectivity index (χ2n) is 5.25. The van der Waals surface area contributed by atoms with Gasteiger partial charge in [0.05, 0.1) is 11.5 Å². The summed E-state index contributed by atoms with van der Waals surface area (Å²) in [7, 11) is 0.784. The predicted octanol–water partition coefficient (Wildman–Crippen LogP) is 0.466. The van der Waals surface area contributed by atoms with Crippen molar-refractivity contribution in [3.05, 3.63) is 23.3 Å². The Morgan fingerprint density at radius 2 is 1.95 bits per heavy atom. The number of anilines is 1. The molecule has 0 heterocycles. The van der Waals surface area contributed by atoms with Gasteiger partial charge in [0, 0.05) is 26.9 Å². The summed E-state index contributed by atoms with van der Waals surface area (Å²) in [5.74, 6) is -0.427. The first-order valence-electron chi connectivity index (χ1n) is 6.70. The molecule has 0 aliphatic carbocycles. The Labute approximate surface area is 131 Å². The molecule has 7 nitrogen and oxygen atoms in total. The minimum atomic E-state index is -3.58. The first-order chi connectivity index (χ1) is 10.1. The Morgan fingerprint density at radius 1 is 1.36 bits per heavy atom. The van der Waals surface area contributed by atoms with Gasteiger partial charge in [-0.2, -0.15) is 0 Å². The Balaban J connectivity index is 3.21. The standard InChI is InChI=1S/C14H23N3O4S/c1-9-6-11(22(19,20)17(3)4)7-13(10(9)2)16-14(18)12(15)8-21-5/h6-7,12H,8,15H2,1-5H3,(H,16,18). The number of aryl methyl sites for hydroxylation is 1. The molecule has 0 saturated carbocycles. The average molecular weight is 329 g/mol. The molecule has 0 bridgehead atoms. The van der Waals surface area contributed by atoms with Crippen molar-refractivity contribution in [1.82, 2.24) is 4.31 Å². The fourth-order valence-electron chi connectivity index (χ4n) is 1.80. The number of sulfonamides is 1. The molecule has 1 amide bonds. The summed E-state index contributed by atoms with van der Waals surface area (Å²) < 4.78 is 30.4. The molecular weight excluding hydrogens is 306 g/mol. The van der Waals surface area contributed by atoms with E-state index >= 15 is 0 Å². The smallest absolute Gasteiger partial charge is 0.243 e. The van der Waals surface area contributed by atoms with Gasteiger partial charge in [0.2, 0.25) is 15.9 Å². The summed E-state index contributed by atoms with van der Waals surface area (Å²) in [5, 5.41) is 2.66. The summed E-state index contributed by atoms with van der Waals surface area (Å²) in [6.45, 7) is 3.67. The number of methoxy groups -OCH3 is 1. The first kappa shape index (κ1) is 18.6. The van der Waals surface area contributed by atoms with Gasteiger partial charge in [0.1, 0.15) is 6.04 Å². The van der Waals surface area contributed by atoms with Gasteiger partial charge in [0.15, 0.2) is 0 Å². The van der Waals surface area contributed by atoms with Crippen molar-refractivity contribution in [1.29, 1.82) is 0 Å². The van der Waals surface area contributed by atoms with E-state index in [2.05, 4.69) is 5.32 Å². The first-order valence-corrected chi connectivity index (χ1v) is 8.14. The minimum Gasteiger partial charge on any atom is -0.383 e. The van der Waals surface area contributed by atoms with E-state index < -0.39 is 22.0 Å². The number of nitrogens with one attached hydrogen (secondary N) is 1. The van der Waals surface area contributed by atoms with Crippen LogP contribution in [0.15, 0.2) is 17.0 Å². The van der Waals surface area contributed by atoms with E-state index in [0.717, 1.165) is 15.4 Å². The Kier molecular flexibility index (Phi) is 6.07. The van der Waals surface area contributed by atoms with E-state index in [1.807, 2.05) is 0 Å². The highest BCUT2D eigenvalue weighted by Gasteiger charge is 2.21. The molecule has 0 saturated heterocycles. The number of rotatable bonds is 6. The van der Waals surface area contributed by atoms with Gasteiger partial charge in [-0.05, 0) is 37.1 Å². The number of amides is 1. The molecule has 1 atom stereocenters. The summed E-state index contributed by atoms with van der Waals surface area (Å²) in [6, 6.07) is 2.20. The monoisotopic (exact) mass is 329 g/mol. The van der Waals surface area contributed by atoms with Crippen molar-refractivity contribution in [3.63, 3.8) is 0 Å². The molecule has 22 heavy (non-hydrogen) atoms. The lowest BCUT2D eigenvalue weighted by Gasteiger charge is -2.17. The van der Waals surface area contributed by atoms with Crippen LogP contribution in [-0.2, 0) is 19.6 Å². The van der Waals surface area contributed by atoms with E-state index in [9.17, 15) is 13.2 Å². The van der Waals surface area contributed by atoms with Crippen molar-refractivity contribution < 1.29 is 17.9 Å². The highest BCUT2D eigenvalue weighted by molar-refractivity contribution is 7.89. The third-order valence-electron chi connectivity index (χ3n) is 3.36. The maximum absolute atomic E-state index is 12.2. The minimum absolute atomic E-state index is 0.0829. The van der Waals surface area contributed by atoms with Crippen LogP contribution in [0.3, 0.4) is 0 Å². The Hall–Kier alpha value is -1.48. The van der Waals surface area contributed by atoms with E-state index in [0.29, 0.717) is 5.69 Å². The molecule has 1 aromatic rings. The van der Waals surface area contributed by atoms with Gasteiger partial charge >= 0.3 is 0 Å². The summed E-state index contributed by atoms with van der Waals surface area (Å²) >= 11 is 0. The normalized spacial score (nSPS) is 13.2. The van der Waals surface area contributed by atoms with Crippen molar-refractivity contribution in [2.75, 3.05) is 33.1 Å². The van der Waals surface area contributed by atoms with Crippen molar-refractivity contribution in [2.45, 2.75) is 24.8 Å². The Morgan fingerprint density at radius 3 is 2.45 bits per heavy atom. The third-order valence-corrected chi connectivity index (χ3v) is 5.15. The number of hydrogen-bond acceptors (Lipinski definition) is 5. The van der Waals surface area contributed by atoms with Crippen LogP contribution < -0.4 is 11.1 Å². The van der Waals surface area contributed by atoms with Crippen LogP contribution in [0.4, 0.5) is 5.69 Å². The molecule has 0 spiro atoms. The number of carbonyl (C=O) groups is 1. The molecule has 1 rings (SSSR count). The van der Waals surface area contributed by atoms with Gasteiger partial charge in [-0.15, -0.1) is 0 Å². The van der Waals surface area contributed by atoms with Gasteiger partial charge in [0.25, 0.3) is 0 Å². The van der Waals surface area contributed by atoms with Gasteiger partial charge < -0.3 is 15.8 Å². The quantitative estimate of drug-likeness (QED) is 0.790. The summed E-state index contributed by atoms with van der Waals surface area (Å²) in [4.78, 5) is 12.1. The van der Waals surface area contributed by atoms with E-state index in [-0.39, 0.29) is 11.5 Å². The van der Waals surface area contributed by atoms with Crippen molar-refractivity contribution >= 4 is 21.6 Å². The number of ether oxygens (including phenoxy) is 1. The molecule has 0 aromatic heterocycles. The number of carbonyl (C=O) groups excluding carboxylic acids is 1. The molecule has 3 N–H and O–H groups in total. The lowest BCUT2D eigenvalue weighted by Crippen LogP contribution is -2.39. The predicted molar refractivity (Wildman–Crippen MR) is 85.3 cm³/mol. The number of nitrogens with two attached hydrogens (primary N) is 1. The van der Waals surface area contributed by atoms with Crippen LogP contribution in [0.5, 0.6) is 0 Å². The van der Waals surface area contributed by atoms with Crippen LogP contribution in [0.1, 0.15) is 11.1 Å². The zero-order chi connectivity index (χ0) is 17.1. The van der Waals surface area contributed by atoms with Crippen LogP contribution in [0.25, 0.3) is 0 Å². The number of hydrogen-bond donors (Lipinski definition) is 2. The van der Waals surface area contributed by atoms with Gasteiger partial charge in [-0.1, -0.05) is 0 Å². The summed E-state index contributed by atoms with van der Waals surface area (Å²) in [6.07, 6.45) is 0. The van der Waals surface area contributed by atoms with Crippen LogP contribution in [0.2, 0.25) is 0 Å². The van der Waals surface area contributed by atoms with Gasteiger partial charge in [-0.3, -0.25) is 4.79 Å². The second kappa shape index (κ2) is 7.19. The molecular formula is C14H23N3O4S. The molecule has 124 valence electrons. The number of nitrogens with zero attached hydrogens (tertiary/aromatic N) is 1. The SMILES string of the molecule is COCC(N)C(=O)Nc1cc(S(=O)(=O)N(C)C)cc(C)c1C. The summed E-state index contributed by atoms with van der Waals surface area (Å²) in [5.41, 5.74) is 7.65. The fraction of sp³-hybridized carbons (Fsp3) is 0.500. The fourth-order valence-corrected chi connectivity index (χ4v) is 2.81. The topological polar surface area (TPSA) is 102 Å². The lowest BCUT2D eigenvalue weighted by molar-refractivity contribution is -0.118. The zero-order valence-corrected chi connectivity index (χ0v) is 14.3. The zero-order valence-electron chi connectivity index (χ0n) is 13.5. The molecule has 0 radical (unpaired) electrons. The van der Waals surface area contributed by atoms with Crippen LogP contribution in [-0.4, -0.2) is 52.5 Å². The molecule has 8 heteroatoms. The maximum Gasteiger partial charge on any atom is 0.243 e. The molecule has 0 aliphatic rings. The molecule has 1 aromatic carbocycles. The maximum atomic E-state index is 12.2. The van der Waals surface area contributed by atoms with Gasteiger partial charge in [-0.25, -0.2) is 12.7 Å². The molecule has 0 fully saturated rings. The van der Waals surface area contributed by atoms with Crippen LogP contribution in [0, 0.1) is 13.8 Å². The van der Waals surface area contributed by atoms with E-state index in [1.165, 1.54) is 27.3 Å². The lowest BCUT2D eigenvalue weighted by atomic mass is 10.1. The molecule has 0 aliphatic heterocycles. The number of benzene rings is 1. The van der Waals surface area contributed by atoms with Crippen molar-refractivity contribution in [2.24, 2.45) is 5.73 Å². The third kappa shape index (κ3) is 4.04.